The molecule has 1 unspecified atom stereocenters. The number of halogens is 1. The van der Waals surface area contributed by atoms with Gasteiger partial charge in [0.1, 0.15) is 10.8 Å². The number of primary amides is 2. The van der Waals surface area contributed by atoms with Crippen LogP contribution in [0.25, 0.3) is 0 Å². The molecule has 1 aliphatic rings. The van der Waals surface area contributed by atoms with Crippen molar-refractivity contribution in [2.75, 3.05) is 23.7 Å². The number of rotatable bonds is 7. The van der Waals surface area contributed by atoms with Crippen LogP contribution in [-0.2, 0) is 9.59 Å². The number of amides is 2. The van der Waals surface area contributed by atoms with Gasteiger partial charge >= 0.3 is 0 Å². The summed E-state index contributed by atoms with van der Waals surface area (Å²) in [6.45, 7) is 3.62. The van der Waals surface area contributed by atoms with Crippen molar-refractivity contribution in [3.63, 3.8) is 0 Å². The molecule has 1 aliphatic heterocycles. The normalized spacial score (nSPS) is 16.7. The van der Waals surface area contributed by atoms with E-state index in [9.17, 15) is 9.59 Å². The Morgan fingerprint density at radius 2 is 1.97 bits per heavy atom. The molecule has 9 nitrogen and oxygen atoms in total. The highest BCUT2D eigenvalue weighted by molar-refractivity contribution is 7.99. The van der Waals surface area contributed by atoms with Crippen molar-refractivity contribution in [1.82, 2.24) is 9.97 Å². The molecule has 31 heavy (non-hydrogen) atoms. The Morgan fingerprint density at radius 1 is 1.29 bits per heavy atom. The maximum Gasteiger partial charge on any atom is 0.225 e. The number of carbonyl (C=O) groups excluding carboxylic acids is 2. The van der Waals surface area contributed by atoms with Gasteiger partial charge in [0, 0.05) is 29.9 Å². The number of anilines is 2. The van der Waals surface area contributed by atoms with Crippen molar-refractivity contribution < 1.29 is 9.59 Å². The number of nitrogens with two attached hydrogens (primary N) is 4. The molecule has 1 atom stereocenters. The second-order valence-electron chi connectivity index (χ2n) is 7.95. The molecule has 0 aliphatic carbocycles. The Labute approximate surface area is 189 Å². The van der Waals surface area contributed by atoms with Gasteiger partial charge in [-0.15, -0.1) is 0 Å². The van der Waals surface area contributed by atoms with Gasteiger partial charge in [-0.3, -0.25) is 9.59 Å². The minimum atomic E-state index is -0.913. The molecule has 3 rings (SSSR count). The van der Waals surface area contributed by atoms with E-state index < -0.39 is 17.7 Å². The van der Waals surface area contributed by atoms with Crippen LogP contribution in [0.15, 0.2) is 34.3 Å². The lowest BCUT2D eigenvalue weighted by Crippen LogP contribution is -2.48. The Kier molecular flexibility index (Phi) is 6.93. The van der Waals surface area contributed by atoms with E-state index in [0.717, 1.165) is 25.9 Å². The molecule has 11 heteroatoms. The zero-order valence-electron chi connectivity index (χ0n) is 17.2. The minimum Gasteiger partial charge on any atom is -0.381 e. The number of benzene rings is 1. The zero-order chi connectivity index (χ0) is 22.8. The fourth-order valence-corrected chi connectivity index (χ4v) is 4.60. The lowest BCUT2D eigenvalue weighted by molar-refractivity contribution is -0.124. The zero-order valence-corrected chi connectivity index (χ0v) is 18.7. The first-order valence-corrected chi connectivity index (χ1v) is 11.0. The lowest BCUT2D eigenvalue weighted by atomic mass is 9.91. The number of hydrogen-bond acceptors (Lipinski definition) is 8. The third-order valence-corrected chi connectivity index (χ3v) is 6.91. The average Bonchev–Trinajstić information content (AvgIpc) is 2.69. The summed E-state index contributed by atoms with van der Waals surface area (Å²) in [7, 11) is 0. The number of carbonyl (C=O) groups is 2. The van der Waals surface area contributed by atoms with Crippen LogP contribution in [0, 0.1) is 0 Å². The third-order valence-electron chi connectivity index (χ3n) is 5.31. The maximum absolute atomic E-state index is 11.8. The van der Waals surface area contributed by atoms with E-state index in [2.05, 4.69) is 14.9 Å². The van der Waals surface area contributed by atoms with Crippen LogP contribution < -0.4 is 27.8 Å². The Morgan fingerprint density at radius 3 is 2.55 bits per heavy atom. The van der Waals surface area contributed by atoms with E-state index in [0.29, 0.717) is 26.3 Å². The van der Waals surface area contributed by atoms with Crippen molar-refractivity contribution in [3.05, 3.63) is 35.0 Å². The number of nitrogen functional groups attached to an aromatic ring is 1. The predicted octanol–water partition coefficient (Wildman–Crippen LogP) is 1.63. The van der Waals surface area contributed by atoms with Crippen molar-refractivity contribution in [1.29, 1.82) is 0 Å². The molecule has 166 valence electrons. The van der Waals surface area contributed by atoms with Gasteiger partial charge < -0.3 is 27.8 Å². The molecule has 2 amide bonds. The van der Waals surface area contributed by atoms with Crippen molar-refractivity contribution in [2.45, 2.75) is 47.6 Å². The van der Waals surface area contributed by atoms with Gasteiger partial charge in [0.05, 0.1) is 17.1 Å². The second kappa shape index (κ2) is 9.29. The summed E-state index contributed by atoms with van der Waals surface area (Å²) in [6.07, 6.45) is 3.17. The fourth-order valence-electron chi connectivity index (χ4n) is 3.41. The van der Waals surface area contributed by atoms with Gasteiger partial charge in [-0.25, -0.2) is 9.97 Å². The fraction of sp³-hybridized carbons (Fsp3) is 0.400. The first-order chi connectivity index (χ1) is 14.6. The van der Waals surface area contributed by atoms with Crippen molar-refractivity contribution in [3.8, 4) is 0 Å². The van der Waals surface area contributed by atoms with Gasteiger partial charge in [-0.2, -0.15) is 0 Å². The summed E-state index contributed by atoms with van der Waals surface area (Å²) in [5.41, 5.74) is 23.3. The van der Waals surface area contributed by atoms with Crippen LogP contribution in [0.5, 0.6) is 0 Å². The smallest absolute Gasteiger partial charge is 0.225 e. The molecule has 1 saturated heterocycles. The van der Waals surface area contributed by atoms with Gasteiger partial charge in [-0.1, -0.05) is 35.5 Å². The first-order valence-electron chi connectivity index (χ1n) is 9.77. The molecule has 2 aromatic rings. The van der Waals surface area contributed by atoms with E-state index in [4.69, 9.17) is 34.5 Å². The van der Waals surface area contributed by atoms with Gasteiger partial charge in [0.25, 0.3) is 0 Å². The van der Waals surface area contributed by atoms with Gasteiger partial charge in [0.15, 0.2) is 5.82 Å². The van der Waals surface area contributed by atoms with Crippen LogP contribution in [0.2, 0.25) is 5.02 Å². The summed E-state index contributed by atoms with van der Waals surface area (Å²) >= 11 is 7.74. The van der Waals surface area contributed by atoms with E-state index in [1.165, 1.54) is 11.8 Å². The molecule has 0 spiro atoms. The SMILES string of the molecule is CC1(N)CCN(c2cnc(Sc3cccc(C(CC(N)=O)C(N)=O)c3Cl)c(N)n2)CC1. The van der Waals surface area contributed by atoms with Crippen molar-refractivity contribution in [2.24, 2.45) is 17.2 Å². The monoisotopic (exact) mass is 463 g/mol. The molecule has 8 N–H and O–H groups in total. The first kappa shape index (κ1) is 23.1. The van der Waals surface area contributed by atoms with Crippen molar-refractivity contribution >= 4 is 46.8 Å². The van der Waals surface area contributed by atoms with Crippen LogP contribution >= 0.6 is 23.4 Å². The second-order valence-corrected chi connectivity index (χ2v) is 9.36. The molecule has 2 heterocycles. The quantitative estimate of drug-likeness (QED) is 0.480. The van der Waals surface area contributed by atoms with Crippen LogP contribution in [-0.4, -0.2) is 40.4 Å². The van der Waals surface area contributed by atoms with E-state index in [-0.39, 0.29) is 17.8 Å². The largest absolute Gasteiger partial charge is 0.381 e. The average molecular weight is 464 g/mol. The Hall–Kier alpha value is -2.56. The molecule has 1 aromatic carbocycles. The lowest BCUT2D eigenvalue weighted by Gasteiger charge is -2.37. The number of aromatic nitrogens is 2. The third kappa shape index (κ3) is 5.57. The Balaban J connectivity index is 1.81. The molecule has 1 fully saturated rings. The minimum absolute atomic E-state index is 0.162. The molecule has 0 saturated carbocycles. The Bertz CT molecular complexity index is 991. The molecular formula is C20H26ClN7O2S. The van der Waals surface area contributed by atoms with Crippen LogP contribution in [0.3, 0.4) is 0 Å². The van der Waals surface area contributed by atoms with Crippen LogP contribution in [0.4, 0.5) is 11.6 Å². The number of nitrogens with zero attached hydrogens (tertiary/aromatic N) is 3. The molecular weight excluding hydrogens is 438 g/mol. The highest BCUT2D eigenvalue weighted by Gasteiger charge is 2.27. The number of piperidine rings is 1. The summed E-state index contributed by atoms with van der Waals surface area (Å²) in [5, 5.41) is 0.773. The molecule has 0 radical (unpaired) electrons. The topological polar surface area (TPSA) is 167 Å². The number of hydrogen-bond donors (Lipinski definition) is 4. The standard InChI is InChI=1S/C20H26ClN7O2S/c1-20(25)5-7-28(8-6-20)15-10-26-19(17(23)27-15)31-13-4-2-3-11(16(13)21)12(18(24)30)9-14(22)29/h2-4,10,12H,5-9,25H2,1H3,(H2,22,29)(H2,23,27)(H2,24,30). The predicted molar refractivity (Wildman–Crippen MR) is 122 cm³/mol. The van der Waals surface area contributed by atoms with Gasteiger partial charge in [0.2, 0.25) is 11.8 Å². The van der Waals surface area contributed by atoms with Crippen LogP contribution in [0.1, 0.15) is 37.7 Å². The highest BCUT2D eigenvalue weighted by Crippen LogP contribution is 2.39. The molecule has 1 aromatic heterocycles. The summed E-state index contributed by atoms with van der Waals surface area (Å²) in [6, 6.07) is 5.13. The maximum atomic E-state index is 11.8. The van der Waals surface area contributed by atoms with E-state index in [1.54, 1.807) is 24.4 Å². The van der Waals surface area contributed by atoms with Gasteiger partial charge in [-0.05, 0) is 31.4 Å². The van der Waals surface area contributed by atoms with E-state index >= 15 is 0 Å². The summed E-state index contributed by atoms with van der Waals surface area (Å²) < 4.78 is 0. The molecule has 0 bridgehead atoms. The summed E-state index contributed by atoms with van der Waals surface area (Å²) in [5.74, 6) is -1.26. The highest BCUT2D eigenvalue weighted by atomic mass is 35.5. The van der Waals surface area contributed by atoms with E-state index in [1.807, 2.05) is 6.92 Å². The summed E-state index contributed by atoms with van der Waals surface area (Å²) in [4.78, 5) is 34.9.